The van der Waals surface area contributed by atoms with Gasteiger partial charge in [0, 0.05) is 18.7 Å². The predicted molar refractivity (Wildman–Crippen MR) is 58.1 cm³/mol. The zero-order chi connectivity index (χ0) is 12.3. The van der Waals surface area contributed by atoms with Crippen molar-refractivity contribution in [3.05, 3.63) is 23.5 Å². The van der Waals surface area contributed by atoms with Crippen molar-refractivity contribution >= 4 is 11.7 Å². The average Bonchev–Trinajstić information content (AvgIpc) is 2.89. The fourth-order valence-electron chi connectivity index (χ4n) is 1.41. The summed E-state index contributed by atoms with van der Waals surface area (Å²) < 4.78 is 4.80. The molecular formula is C9H12N6O2. The van der Waals surface area contributed by atoms with Gasteiger partial charge in [0.15, 0.2) is 12.1 Å². The summed E-state index contributed by atoms with van der Waals surface area (Å²) in [7, 11) is 0. The Labute approximate surface area is 96.6 Å². The Hall–Kier alpha value is -2.38. The summed E-state index contributed by atoms with van der Waals surface area (Å²) in [5.41, 5.74) is 6.57. The first-order valence-corrected chi connectivity index (χ1v) is 5.02. The normalized spacial score (nSPS) is 10.4. The molecule has 2 aromatic heterocycles. The first-order valence-electron chi connectivity index (χ1n) is 5.02. The summed E-state index contributed by atoms with van der Waals surface area (Å²) >= 11 is 0. The summed E-state index contributed by atoms with van der Waals surface area (Å²) in [5, 5.41) is 12.6. The van der Waals surface area contributed by atoms with Gasteiger partial charge >= 0.3 is 0 Å². The van der Waals surface area contributed by atoms with Crippen LogP contribution in [0.2, 0.25) is 0 Å². The average molecular weight is 236 g/mol. The molecule has 0 aliphatic heterocycles. The molecule has 0 atom stereocenters. The van der Waals surface area contributed by atoms with Gasteiger partial charge in [-0.15, -0.1) is 0 Å². The lowest BCUT2D eigenvalue weighted by molar-refractivity contribution is 0.0954. The second kappa shape index (κ2) is 4.64. The second-order valence-corrected chi connectivity index (χ2v) is 3.45. The molecule has 0 aromatic carbocycles. The number of H-pyrrole nitrogens is 1. The highest BCUT2D eigenvalue weighted by Crippen LogP contribution is 2.11. The standard InChI is InChI=1S/C9H12N6O2/c1-5-7(8(10)15-14-5)9(16)11-3-2-6-12-4-13-17-6/h4H,2-3H2,1H3,(H,11,16)(H3,10,14,15). The summed E-state index contributed by atoms with van der Waals surface area (Å²) in [6.07, 6.45) is 1.79. The van der Waals surface area contributed by atoms with Crippen molar-refractivity contribution in [1.29, 1.82) is 0 Å². The molecule has 0 saturated heterocycles. The van der Waals surface area contributed by atoms with Crippen LogP contribution < -0.4 is 11.1 Å². The topological polar surface area (TPSA) is 123 Å². The predicted octanol–water partition coefficient (Wildman–Crippen LogP) is -0.344. The highest BCUT2D eigenvalue weighted by atomic mass is 16.5. The van der Waals surface area contributed by atoms with E-state index in [1.807, 2.05) is 0 Å². The Bertz CT molecular complexity index is 484. The van der Waals surface area contributed by atoms with Crippen molar-refractivity contribution < 1.29 is 9.32 Å². The van der Waals surface area contributed by atoms with Crippen molar-refractivity contribution in [2.45, 2.75) is 13.3 Å². The lowest BCUT2D eigenvalue weighted by Gasteiger charge is -2.02. The number of nitrogen functional groups attached to an aromatic ring is 1. The lowest BCUT2D eigenvalue weighted by Crippen LogP contribution is -2.26. The fraction of sp³-hybridized carbons (Fsp3) is 0.333. The van der Waals surface area contributed by atoms with Crippen LogP contribution in [0.5, 0.6) is 0 Å². The van der Waals surface area contributed by atoms with Crippen LogP contribution in [0.15, 0.2) is 10.9 Å². The fourth-order valence-corrected chi connectivity index (χ4v) is 1.41. The summed E-state index contributed by atoms with van der Waals surface area (Å²) in [4.78, 5) is 15.6. The van der Waals surface area contributed by atoms with Gasteiger partial charge < -0.3 is 15.6 Å². The number of nitrogens with two attached hydrogens (primary N) is 1. The number of rotatable bonds is 4. The highest BCUT2D eigenvalue weighted by Gasteiger charge is 2.15. The van der Waals surface area contributed by atoms with E-state index in [-0.39, 0.29) is 11.7 Å². The molecule has 0 unspecified atom stereocenters. The molecule has 2 aromatic rings. The molecule has 0 radical (unpaired) electrons. The number of carbonyl (C=O) groups is 1. The van der Waals surface area contributed by atoms with Crippen molar-refractivity contribution in [3.63, 3.8) is 0 Å². The quantitative estimate of drug-likeness (QED) is 0.667. The van der Waals surface area contributed by atoms with E-state index in [1.54, 1.807) is 6.92 Å². The lowest BCUT2D eigenvalue weighted by atomic mass is 10.2. The molecule has 0 saturated carbocycles. The van der Waals surface area contributed by atoms with E-state index in [9.17, 15) is 4.79 Å². The van der Waals surface area contributed by atoms with Gasteiger partial charge in [-0.1, -0.05) is 5.16 Å². The SMILES string of the molecule is Cc1[nH]nc(N)c1C(=O)NCCc1ncno1. The van der Waals surface area contributed by atoms with Gasteiger partial charge in [0.05, 0.1) is 0 Å². The number of nitrogens with one attached hydrogen (secondary N) is 2. The number of hydrogen-bond acceptors (Lipinski definition) is 6. The third-order valence-electron chi connectivity index (χ3n) is 2.23. The minimum absolute atomic E-state index is 0.192. The molecule has 0 bridgehead atoms. The van der Waals surface area contributed by atoms with Gasteiger partial charge in [0.25, 0.3) is 5.91 Å². The molecule has 90 valence electrons. The van der Waals surface area contributed by atoms with Crippen LogP contribution in [0.1, 0.15) is 21.9 Å². The van der Waals surface area contributed by atoms with Crippen molar-refractivity contribution in [3.8, 4) is 0 Å². The van der Waals surface area contributed by atoms with Gasteiger partial charge in [-0.3, -0.25) is 9.89 Å². The van der Waals surface area contributed by atoms with E-state index in [0.717, 1.165) is 0 Å². The number of carbonyl (C=O) groups excluding carboxylic acids is 1. The largest absolute Gasteiger partial charge is 0.382 e. The molecule has 8 nitrogen and oxygen atoms in total. The van der Waals surface area contributed by atoms with Crippen LogP contribution in [-0.2, 0) is 6.42 Å². The minimum Gasteiger partial charge on any atom is -0.382 e. The number of hydrogen-bond donors (Lipinski definition) is 3. The van der Waals surface area contributed by atoms with Crippen LogP contribution in [0.25, 0.3) is 0 Å². The number of amides is 1. The molecule has 0 aliphatic carbocycles. The Morgan fingerprint density at radius 1 is 1.65 bits per heavy atom. The number of aromatic amines is 1. The van der Waals surface area contributed by atoms with E-state index in [0.29, 0.717) is 30.1 Å². The number of nitrogens with zero attached hydrogens (tertiary/aromatic N) is 3. The van der Waals surface area contributed by atoms with Crippen LogP contribution in [0.4, 0.5) is 5.82 Å². The zero-order valence-electron chi connectivity index (χ0n) is 9.23. The minimum atomic E-state index is -0.270. The van der Waals surface area contributed by atoms with Gasteiger partial charge in [-0.25, -0.2) is 0 Å². The van der Waals surface area contributed by atoms with Crippen LogP contribution in [0, 0.1) is 6.92 Å². The molecule has 2 heterocycles. The Balaban J connectivity index is 1.90. The molecule has 2 rings (SSSR count). The third-order valence-corrected chi connectivity index (χ3v) is 2.23. The highest BCUT2D eigenvalue weighted by molar-refractivity contribution is 5.99. The van der Waals surface area contributed by atoms with E-state index in [1.165, 1.54) is 6.33 Å². The van der Waals surface area contributed by atoms with Crippen molar-refractivity contribution in [1.82, 2.24) is 25.7 Å². The summed E-state index contributed by atoms with van der Waals surface area (Å²) in [6.45, 7) is 2.13. The molecule has 0 spiro atoms. The van der Waals surface area contributed by atoms with Crippen LogP contribution in [0.3, 0.4) is 0 Å². The molecule has 4 N–H and O–H groups in total. The van der Waals surface area contributed by atoms with Crippen LogP contribution in [-0.4, -0.2) is 32.8 Å². The smallest absolute Gasteiger partial charge is 0.256 e. The summed E-state index contributed by atoms with van der Waals surface area (Å²) in [5.74, 6) is 0.397. The second-order valence-electron chi connectivity index (χ2n) is 3.45. The van der Waals surface area contributed by atoms with Crippen molar-refractivity contribution in [2.75, 3.05) is 12.3 Å². The number of anilines is 1. The monoisotopic (exact) mass is 236 g/mol. The molecule has 17 heavy (non-hydrogen) atoms. The van der Waals surface area contributed by atoms with Crippen molar-refractivity contribution in [2.24, 2.45) is 0 Å². The van der Waals surface area contributed by atoms with E-state index in [4.69, 9.17) is 10.3 Å². The Kier molecular flexibility index (Phi) is 3.03. The first-order chi connectivity index (χ1) is 8.18. The Morgan fingerprint density at radius 2 is 2.47 bits per heavy atom. The number of aromatic nitrogens is 4. The van der Waals surface area contributed by atoms with Gasteiger partial charge in [-0.2, -0.15) is 10.1 Å². The van der Waals surface area contributed by atoms with E-state index < -0.39 is 0 Å². The molecular weight excluding hydrogens is 224 g/mol. The number of aryl methyl sites for hydroxylation is 1. The molecule has 1 amide bonds. The maximum absolute atomic E-state index is 11.8. The maximum Gasteiger partial charge on any atom is 0.256 e. The molecule has 0 fully saturated rings. The van der Waals surface area contributed by atoms with Gasteiger partial charge in [-0.05, 0) is 6.92 Å². The van der Waals surface area contributed by atoms with Crippen LogP contribution >= 0.6 is 0 Å². The van der Waals surface area contributed by atoms with Gasteiger partial charge in [0.1, 0.15) is 5.56 Å². The third kappa shape index (κ3) is 2.41. The molecule has 8 heteroatoms. The molecule has 0 aliphatic rings. The maximum atomic E-state index is 11.8. The van der Waals surface area contributed by atoms with E-state index >= 15 is 0 Å². The zero-order valence-corrected chi connectivity index (χ0v) is 9.23. The Morgan fingerprint density at radius 3 is 3.06 bits per heavy atom. The first kappa shape index (κ1) is 11.1. The van der Waals surface area contributed by atoms with E-state index in [2.05, 4.69) is 25.7 Å². The summed E-state index contributed by atoms with van der Waals surface area (Å²) in [6, 6.07) is 0. The van der Waals surface area contributed by atoms with Gasteiger partial charge in [0.2, 0.25) is 5.89 Å².